The molecule has 3 rings (SSSR count). The number of likely N-dealkylation sites (tertiary alicyclic amines) is 1. The first-order chi connectivity index (χ1) is 17.0. The number of nitrogens with zero attached hydrogens (tertiary/aromatic N) is 1. The lowest BCUT2D eigenvalue weighted by atomic mass is 9.85. The Morgan fingerprint density at radius 3 is 2.28 bits per heavy atom. The molecule has 1 unspecified atom stereocenters. The van der Waals surface area contributed by atoms with Gasteiger partial charge in [-0.25, -0.2) is 4.79 Å². The third kappa shape index (κ3) is 8.54. The van der Waals surface area contributed by atoms with Gasteiger partial charge in [-0.3, -0.25) is 4.79 Å². The zero-order chi connectivity index (χ0) is 26.3. The van der Waals surface area contributed by atoms with E-state index in [4.69, 9.17) is 9.47 Å². The lowest BCUT2D eigenvalue weighted by Crippen LogP contribution is -2.42. The van der Waals surface area contributed by atoms with Crippen LogP contribution in [0.1, 0.15) is 72.3 Å². The summed E-state index contributed by atoms with van der Waals surface area (Å²) in [6, 6.07) is 8.22. The Kier molecular flexibility index (Phi) is 9.45. The van der Waals surface area contributed by atoms with Crippen molar-refractivity contribution in [2.75, 3.05) is 32.8 Å². The van der Waals surface area contributed by atoms with Crippen LogP contribution < -0.4 is 10.1 Å². The first-order valence-corrected chi connectivity index (χ1v) is 13.2. The zero-order valence-electron chi connectivity index (χ0n) is 22.6. The molecule has 200 valence electrons. The Morgan fingerprint density at radius 1 is 1.06 bits per heavy atom. The number of carbonyl (C=O) groups excluding carboxylic acids is 2. The molecule has 7 nitrogen and oxygen atoms in total. The molecule has 0 aromatic heterocycles. The van der Waals surface area contributed by atoms with Crippen LogP contribution in [0.3, 0.4) is 0 Å². The lowest BCUT2D eigenvalue weighted by molar-refractivity contribution is -0.125. The molecule has 0 saturated carbocycles. The molecule has 0 spiro atoms. The number of hydrogen-bond donors (Lipinski definition) is 2. The summed E-state index contributed by atoms with van der Waals surface area (Å²) in [6.45, 7) is 12.1. The van der Waals surface area contributed by atoms with Crippen molar-refractivity contribution in [3.05, 3.63) is 35.9 Å². The van der Waals surface area contributed by atoms with Crippen molar-refractivity contribution in [1.29, 1.82) is 0 Å². The van der Waals surface area contributed by atoms with Gasteiger partial charge in [-0.15, -0.1) is 0 Å². The van der Waals surface area contributed by atoms with Crippen LogP contribution in [-0.2, 0) is 9.53 Å². The van der Waals surface area contributed by atoms with Gasteiger partial charge in [0.25, 0.3) is 0 Å². The van der Waals surface area contributed by atoms with Crippen molar-refractivity contribution in [1.82, 2.24) is 10.2 Å². The van der Waals surface area contributed by atoms with Crippen molar-refractivity contribution >= 4 is 17.6 Å². The summed E-state index contributed by atoms with van der Waals surface area (Å²) in [5.41, 5.74) is 1.68. The molecule has 1 fully saturated rings. The van der Waals surface area contributed by atoms with Crippen molar-refractivity contribution in [2.24, 2.45) is 17.3 Å². The van der Waals surface area contributed by atoms with E-state index in [1.54, 1.807) is 4.90 Å². The summed E-state index contributed by atoms with van der Waals surface area (Å²) in [5.74, 6) is 1.35. The van der Waals surface area contributed by atoms with Crippen LogP contribution in [0.4, 0.5) is 4.79 Å². The van der Waals surface area contributed by atoms with E-state index in [0.29, 0.717) is 32.2 Å². The minimum Gasteiger partial charge on any atom is -0.493 e. The van der Waals surface area contributed by atoms with E-state index in [0.717, 1.165) is 37.9 Å². The number of amides is 2. The average Bonchev–Trinajstić information content (AvgIpc) is 2.86. The van der Waals surface area contributed by atoms with Gasteiger partial charge in [-0.1, -0.05) is 32.1 Å². The van der Waals surface area contributed by atoms with Gasteiger partial charge >= 0.3 is 6.09 Å². The van der Waals surface area contributed by atoms with Crippen molar-refractivity contribution < 1.29 is 24.2 Å². The molecule has 0 radical (unpaired) electrons. The van der Waals surface area contributed by atoms with Gasteiger partial charge in [0.05, 0.1) is 6.61 Å². The van der Waals surface area contributed by atoms with Crippen LogP contribution >= 0.6 is 0 Å². The third-order valence-electron chi connectivity index (χ3n) is 6.93. The topological polar surface area (TPSA) is 88.1 Å². The van der Waals surface area contributed by atoms with Crippen LogP contribution in [0.25, 0.3) is 5.57 Å². The number of carbonyl (C=O) groups is 2. The maximum Gasteiger partial charge on any atom is 0.410 e. The standard InChI is InChI=1S/C29H44N2O5/c1-28(2,3)36-27(34)31-16-14-21(15-17-31)18-35-25-12-10-23(11-13-25)22-6-8-24(9-7-22)26(33)30-19-29(4,5)20-32/h6,10-13,21,24,32H,7-9,14-20H2,1-5H3,(H,30,33). The van der Waals surface area contributed by atoms with E-state index in [2.05, 4.69) is 23.5 Å². The Labute approximate surface area is 216 Å². The van der Waals surface area contributed by atoms with Gasteiger partial charge in [0.1, 0.15) is 11.4 Å². The van der Waals surface area contributed by atoms with Crippen LogP contribution in [0.5, 0.6) is 5.75 Å². The van der Waals surface area contributed by atoms with E-state index in [1.807, 2.05) is 46.8 Å². The second-order valence-electron chi connectivity index (χ2n) is 12.0. The minimum absolute atomic E-state index is 0.00687. The second kappa shape index (κ2) is 12.1. The maximum absolute atomic E-state index is 12.5. The summed E-state index contributed by atoms with van der Waals surface area (Å²) in [6.07, 6.45) is 6.22. The third-order valence-corrected chi connectivity index (χ3v) is 6.93. The fraction of sp³-hybridized carbons (Fsp3) is 0.655. The number of hydrogen-bond acceptors (Lipinski definition) is 5. The van der Waals surface area contributed by atoms with E-state index in [9.17, 15) is 14.7 Å². The quantitative estimate of drug-likeness (QED) is 0.523. The van der Waals surface area contributed by atoms with E-state index < -0.39 is 5.60 Å². The lowest BCUT2D eigenvalue weighted by Gasteiger charge is -2.33. The van der Waals surface area contributed by atoms with Crippen molar-refractivity contribution in [3.63, 3.8) is 0 Å². The average molecular weight is 501 g/mol. The molecule has 1 heterocycles. The number of allylic oxidation sites excluding steroid dienone is 2. The number of aliphatic hydroxyl groups excluding tert-OH is 1. The molecular formula is C29H44N2O5. The highest BCUT2D eigenvalue weighted by Gasteiger charge is 2.27. The number of rotatable bonds is 8. The van der Waals surface area contributed by atoms with Gasteiger partial charge < -0.3 is 24.8 Å². The van der Waals surface area contributed by atoms with Crippen LogP contribution in [0.15, 0.2) is 30.3 Å². The summed E-state index contributed by atoms with van der Waals surface area (Å²) in [7, 11) is 0. The molecule has 2 aliphatic rings. The number of piperidine rings is 1. The predicted octanol–water partition coefficient (Wildman–Crippen LogP) is 5.03. The Hall–Kier alpha value is -2.54. The summed E-state index contributed by atoms with van der Waals surface area (Å²) in [4.78, 5) is 26.5. The summed E-state index contributed by atoms with van der Waals surface area (Å²) >= 11 is 0. The highest BCUT2D eigenvalue weighted by Crippen LogP contribution is 2.31. The fourth-order valence-electron chi connectivity index (χ4n) is 4.45. The number of nitrogens with one attached hydrogen (secondary N) is 1. The SMILES string of the molecule is CC(C)(CO)CNC(=O)C1CC=C(c2ccc(OCC3CCN(C(=O)OC(C)(C)C)CC3)cc2)CC1. The van der Waals surface area contributed by atoms with Crippen molar-refractivity contribution in [2.45, 2.75) is 72.3 Å². The van der Waals surface area contributed by atoms with Crippen LogP contribution in [-0.4, -0.2) is 60.5 Å². The van der Waals surface area contributed by atoms with E-state index >= 15 is 0 Å². The molecule has 2 amide bonds. The molecule has 0 bridgehead atoms. The molecule has 2 N–H and O–H groups in total. The number of benzene rings is 1. The molecule has 1 aromatic carbocycles. The molecule has 1 saturated heterocycles. The molecule has 1 aromatic rings. The van der Waals surface area contributed by atoms with Gasteiger partial charge in [0.2, 0.25) is 5.91 Å². The smallest absolute Gasteiger partial charge is 0.410 e. The van der Waals surface area contributed by atoms with Crippen LogP contribution in [0, 0.1) is 17.3 Å². The monoisotopic (exact) mass is 500 g/mol. The molecule has 1 aliphatic carbocycles. The van der Waals surface area contributed by atoms with Gasteiger partial charge in [0, 0.05) is 37.6 Å². The molecule has 1 atom stereocenters. The molecule has 36 heavy (non-hydrogen) atoms. The van der Waals surface area contributed by atoms with E-state index in [1.165, 1.54) is 11.1 Å². The molecule has 1 aliphatic heterocycles. The predicted molar refractivity (Wildman–Crippen MR) is 142 cm³/mol. The van der Waals surface area contributed by atoms with Crippen molar-refractivity contribution in [3.8, 4) is 5.75 Å². The number of aliphatic hydroxyl groups is 1. The first-order valence-electron chi connectivity index (χ1n) is 13.2. The summed E-state index contributed by atoms with van der Waals surface area (Å²) in [5, 5.41) is 12.4. The van der Waals surface area contributed by atoms with Gasteiger partial charge in [-0.2, -0.15) is 0 Å². The summed E-state index contributed by atoms with van der Waals surface area (Å²) < 4.78 is 11.5. The fourth-order valence-corrected chi connectivity index (χ4v) is 4.45. The Bertz CT molecular complexity index is 909. The maximum atomic E-state index is 12.5. The highest BCUT2D eigenvalue weighted by molar-refractivity contribution is 5.80. The zero-order valence-corrected chi connectivity index (χ0v) is 22.6. The molecule has 7 heteroatoms. The molecular weight excluding hydrogens is 456 g/mol. The first kappa shape index (κ1) is 28.0. The van der Waals surface area contributed by atoms with Gasteiger partial charge in [-0.05, 0) is 82.1 Å². The number of ether oxygens (including phenoxy) is 2. The van der Waals surface area contributed by atoms with E-state index in [-0.39, 0.29) is 29.9 Å². The largest absolute Gasteiger partial charge is 0.493 e. The second-order valence-corrected chi connectivity index (χ2v) is 12.0. The van der Waals surface area contributed by atoms with Gasteiger partial charge in [0.15, 0.2) is 0 Å². The van der Waals surface area contributed by atoms with Crippen LogP contribution in [0.2, 0.25) is 0 Å². The Morgan fingerprint density at radius 2 is 1.72 bits per heavy atom. The minimum atomic E-state index is -0.467. The highest BCUT2D eigenvalue weighted by atomic mass is 16.6. The Balaban J connectivity index is 1.41. The normalized spacial score (nSPS) is 19.4.